The van der Waals surface area contributed by atoms with Crippen LogP contribution in [-0.2, 0) is 17.9 Å². The van der Waals surface area contributed by atoms with Crippen molar-refractivity contribution in [1.29, 1.82) is 0 Å². The van der Waals surface area contributed by atoms with Crippen LogP contribution in [0.1, 0.15) is 21.7 Å². The van der Waals surface area contributed by atoms with Gasteiger partial charge in [0, 0.05) is 12.2 Å². The van der Waals surface area contributed by atoms with Gasteiger partial charge in [0.1, 0.15) is 11.5 Å². The van der Waals surface area contributed by atoms with Crippen molar-refractivity contribution in [2.75, 3.05) is 11.9 Å². The molecule has 3 aromatic carbocycles. The quantitative estimate of drug-likeness (QED) is 0.391. The molecule has 6 nitrogen and oxygen atoms in total. The van der Waals surface area contributed by atoms with Crippen molar-refractivity contribution in [1.82, 2.24) is 4.90 Å². The second kappa shape index (κ2) is 10.8. The molecular formula is C27H24N2O4. The van der Waals surface area contributed by atoms with Gasteiger partial charge >= 0.3 is 0 Å². The maximum atomic E-state index is 13.1. The van der Waals surface area contributed by atoms with Gasteiger partial charge in [0.05, 0.1) is 18.4 Å². The molecular weight excluding hydrogens is 416 g/mol. The lowest BCUT2D eigenvalue weighted by Gasteiger charge is -2.22. The third-order valence-corrected chi connectivity index (χ3v) is 5.01. The Labute approximate surface area is 192 Å². The number of carbonyl (C=O) groups is 2. The highest BCUT2D eigenvalue weighted by molar-refractivity contribution is 6.06. The Morgan fingerprint density at radius 2 is 1.48 bits per heavy atom. The summed E-state index contributed by atoms with van der Waals surface area (Å²) < 4.78 is 11.2. The lowest BCUT2D eigenvalue weighted by Crippen LogP contribution is -2.34. The normalized spacial score (nSPS) is 10.4. The third-order valence-electron chi connectivity index (χ3n) is 5.01. The van der Waals surface area contributed by atoms with E-state index in [-0.39, 0.29) is 18.4 Å². The van der Waals surface area contributed by atoms with Crippen LogP contribution in [0.15, 0.2) is 108 Å². The highest BCUT2D eigenvalue weighted by Gasteiger charge is 2.19. The van der Waals surface area contributed by atoms with Crippen LogP contribution in [0.4, 0.5) is 5.69 Å². The molecule has 0 saturated heterocycles. The lowest BCUT2D eigenvalue weighted by atomic mass is 10.2. The summed E-state index contributed by atoms with van der Waals surface area (Å²) in [7, 11) is 0. The van der Waals surface area contributed by atoms with Crippen LogP contribution in [0.5, 0.6) is 5.75 Å². The van der Waals surface area contributed by atoms with E-state index >= 15 is 0 Å². The van der Waals surface area contributed by atoms with Crippen molar-refractivity contribution in [3.05, 3.63) is 120 Å². The van der Waals surface area contributed by atoms with Gasteiger partial charge in [0.2, 0.25) is 0 Å². The molecule has 0 bridgehead atoms. The number of rotatable bonds is 9. The minimum absolute atomic E-state index is 0.205. The first-order valence-electron chi connectivity index (χ1n) is 10.6. The fourth-order valence-electron chi connectivity index (χ4n) is 3.36. The number of furan rings is 1. The Kier molecular flexibility index (Phi) is 7.18. The van der Waals surface area contributed by atoms with E-state index in [0.29, 0.717) is 35.9 Å². The number of hydrogen-bond donors (Lipinski definition) is 1. The number of ether oxygens (including phenoxy) is 1. The van der Waals surface area contributed by atoms with Crippen molar-refractivity contribution >= 4 is 17.5 Å². The van der Waals surface area contributed by atoms with Gasteiger partial charge in [-0.1, -0.05) is 60.7 Å². The van der Waals surface area contributed by atoms with E-state index in [1.54, 1.807) is 53.6 Å². The molecule has 1 heterocycles. The second-order valence-electron chi connectivity index (χ2n) is 7.42. The average molecular weight is 440 g/mol. The first-order valence-corrected chi connectivity index (χ1v) is 10.6. The van der Waals surface area contributed by atoms with Gasteiger partial charge in [-0.15, -0.1) is 0 Å². The van der Waals surface area contributed by atoms with Crippen LogP contribution in [0.2, 0.25) is 0 Å². The van der Waals surface area contributed by atoms with Gasteiger partial charge in [0.15, 0.2) is 6.61 Å². The summed E-state index contributed by atoms with van der Waals surface area (Å²) in [5.41, 5.74) is 2.04. The maximum Gasteiger partial charge on any atom is 0.261 e. The Balaban J connectivity index is 1.45. The predicted octanol–water partition coefficient (Wildman–Crippen LogP) is 5.14. The second-order valence-corrected chi connectivity index (χ2v) is 7.42. The van der Waals surface area contributed by atoms with Crippen LogP contribution >= 0.6 is 0 Å². The number of para-hydroxylation sites is 2. The number of nitrogens with zero attached hydrogens (tertiary/aromatic N) is 1. The molecule has 4 aromatic rings. The van der Waals surface area contributed by atoms with Gasteiger partial charge in [-0.05, 0) is 42.0 Å². The Morgan fingerprint density at radius 1 is 0.788 bits per heavy atom. The van der Waals surface area contributed by atoms with E-state index in [1.807, 2.05) is 54.6 Å². The first-order chi connectivity index (χ1) is 16.2. The van der Waals surface area contributed by atoms with Crippen molar-refractivity contribution in [2.24, 2.45) is 0 Å². The fraction of sp³-hybridized carbons (Fsp3) is 0.111. The molecule has 0 fully saturated rings. The first kappa shape index (κ1) is 21.9. The molecule has 0 radical (unpaired) electrons. The van der Waals surface area contributed by atoms with Crippen molar-refractivity contribution in [3.63, 3.8) is 0 Å². The summed E-state index contributed by atoms with van der Waals surface area (Å²) in [5.74, 6) is 0.508. The van der Waals surface area contributed by atoms with Crippen LogP contribution in [0.3, 0.4) is 0 Å². The summed E-state index contributed by atoms with van der Waals surface area (Å²) in [6.07, 6.45) is 1.58. The van der Waals surface area contributed by atoms with E-state index in [9.17, 15) is 9.59 Å². The molecule has 2 amide bonds. The van der Waals surface area contributed by atoms with Crippen LogP contribution in [0, 0.1) is 0 Å². The predicted molar refractivity (Wildman–Crippen MR) is 126 cm³/mol. The minimum Gasteiger partial charge on any atom is -0.483 e. The monoisotopic (exact) mass is 440 g/mol. The van der Waals surface area contributed by atoms with Crippen LogP contribution in [0.25, 0.3) is 0 Å². The third kappa shape index (κ3) is 6.11. The number of amides is 2. The van der Waals surface area contributed by atoms with Crippen LogP contribution < -0.4 is 10.1 Å². The molecule has 33 heavy (non-hydrogen) atoms. The van der Waals surface area contributed by atoms with Crippen molar-refractivity contribution in [3.8, 4) is 5.75 Å². The Bertz CT molecular complexity index is 1180. The standard InChI is InChI=1S/C27H24N2O4/c30-26(29(19-23-14-9-17-32-23)18-21-10-3-1-4-11-21)20-33-25-16-8-7-15-24(25)27(31)28-22-12-5-2-6-13-22/h1-17H,18-20H2,(H,28,31). The van der Waals surface area contributed by atoms with E-state index in [4.69, 9.17) is 9.15 Å². The minimum atomic E-state index is -0.305. The summed E-state index contributed by atoms with van der Waals surface area (Å²) in [6.45, 7) is 0.531. The molecule has 0 unspecified atom stereocenters. The summed E-state index contributed by atoms with van der Waals surface area (Å²) in [4.78, 5) is 27.5. The highest BCUT2D eigenvalue weighted by Crippen LogP contribution is 2.20. The number of carbonyl (C=O) groups excluding carboxylic acids is 2. The van der Waals surface area contributed by atoms with Gasteiger partial charge in [-0.3, -0.25) is 9.59 Å². The zero-order valence-electron chi connectivity index (χ0n) is 18.0. The molecule has 0 saturated carbocycles. The molecule has 6 heteroatoms. The Hall–Kier alpha value is -4.32. The topological polar surface area (TPSA) is 71.8 Å². The fourth-order valence-corrected chi connectivity index (χ4v) is 3.36. The van der Waals surface area contributed by atoms with Crippen molar-refractivity contribution in [2.45, 2.75) is 13.1 Å². The zero-order valence-corrected chi connectivity index (χ0v) is 18.0. The lowest BCUT2D eigenvalue weighted by molar-refractivity contribution is -0.134. The van der Waals surface area contributed by atoms with E-state index < -0.39 is 0 Å². The Morgan fingerprint density at radius 3 is 2.21 bits per heavy atom. The molecule has 0 aliphatic heterocycles. The van der Waals surface area contributed by atoms with E-state index in [1.165, 1.54) is 0 Å². The molecule has 0 aliphatic carbocycles. The van der Waals surface area contributed by atoms with Gasteiger partial charge in [-0.2, -0.15) is 0 Å². The number of nitrogens with one attached hydrogen (secondary N) is 1. The molecule has 1 N–H and O–H groups in total. The molecule has 0 atom stereocenters. The molecule has 0 aliphatic rings. The largest absolute Gasteiger partial charge is 0.483 e. The van der Waals surface area contributed by atoms with Crippen molar-refractivity contribution < 1.29 is 18.7 Å². The molecule has 1 aromatic heterocycles. The average Bonchev–Trinajstić information content (AvgIpc) is 3.37. The summed E-state index contributed by atoms with van der Waals surface area (Å²) in [5, 5.41) is 2.84. The van der Waals surface area contributed by atoms with Gasteiger partial charge in [0.25, 0.3) is 11.8 Å². The molecule has 0 spiro atoms. The number of hydrogen-bond acceptors (Lipinski definition) is 4. The summed E-state index contributed by atoms with van der Waals surface area (Å²) in [6, 6.07) is 29.4. The smallest absolute Gasteiger partial charge is 0.261 e. The maximum absolute atomic E-state index is 13.1. The van der Waals surface area contributed by atoms with E-state index in [2.05, 4.69) is 5.32 Å². The van der Waals surface area contributed by atoms with E-state index in [0.717, 1.165) is 5.56 Å². The highest BCUT2D eigenvalue weighted by atomic mass is 16.5. The number of benzene rings is 3. The summed E-state index contributed by atoms with van der Waals surface area (Å²) >= 11 is 0. The zero-order chi connectivity index (χ0) is 22.9. The SMILES string of the molecule is O=C(Nc1ccccc1)c1ccccc1OCC(=O)N(Cc1ccccc1)Cc1ccco1. The van der Waals surface area contributed by atoms with Gasteiger partial charge in [-0.25, -0.2) is 0 Å². The van der Waals surface area contributed by atoms with Gasteiger partial charge < -0.3 is 19.4 Å². The van der Waals surface area contributed by atoms with Crippen LogP contribution in [-0.4, -0.2) is 23.3 Å². The number of anilines is 1. The molecule has 166 valence electrons. The molecule has 4 rings (SSSR count).